The molecule has 0 bridgehead atoms. The molecule has 56 valence electrons. The molecule has 0 heterocycles. The molecule has 0 fully saturated rings. The van der Waals surface area contributed by atoms with Gasteiger partial charge in [0, 0.05) is 5.69 Å². The molecular formula is C9H10N2. The van der Waals surface area contributed by atoms with Crippen molar-refractivity contribution in [3.05, 3.63) is 41.7 Å². The van der Waals surface area contributed by atoms with E-state index < -0.39 is 0 Å². The van der Waals surface area contributed by atoms with Crippen LogP contribution in [-0.2, 0) is 0 Å². The molecule has 0 saturated heterocycles. The van der Waals surface area contributed by atoms with E-state index in [9.17, 15) is 0 Å². The second kappa shape index (κ2) is 4.35. The predicted molar refractivity (Wildman–Crippen MR) is 46.4 cm³/mol. The molecule has 1 N–H and O–H groups in total. The Hall–Kier alpha value is -1.49. The molecule has 0 aromatic heterocycles. The number of anilines is 1. The van der Waals surface area contributed by atoms with E-state index in [0.717, 1.165) is 12.2 Å². The standard InChI is InChI=1S/C9H10N2/c1-10-7-8-11-9-5-3-2-4-6-9/h2-6,11H,7-8H2. The van der Waals surface area contributed by atoms with E-state index in [-0.39, 0.29) is 0 Å². The van der Waals surface area contributed by atoms with Gasteiger partial charge >= 0.3 is 0 Å². The lowest BCUT2D eigenvalue weighted by Crippen LogP contribution is -2.02. The van der Waals surface area contributed by atoms with Crippen molar-refractivity contribution in [2.45, 2.75) is 0 Å². The lowest BCUT2D eigenvalue weighted by molar-refractivity contribution is 1.15. The molecule has 0 radical (unpaired) electrons. The molecule has 0 aliphatic heterocycles. The van der Waals surface area contributed by atoms with Gasteiger partial charge in [-0.25, -0.2) is 6.57 Å². The molecule has 1 aromatic carbocycles. The van der Waals surface area contributed by atoms with E-state index in [1.165, 1.54) is 0 Å². The van der Waals surface area contributed by atoms with E-state index in [4.69, 9.17) is 6.57 Å². The van der Waals surface area contributed by atoms with Crippen LogP contribution in [0.2, 0.25) is 0 Å². The third-order valence-corrected chi connectivity index (χ3v) is 1.33. The van der Waals surface area contributed by atoms with Crippen molar-refractivity contribution < 1.29 is 0 Å². The third kappa shape index (κ3) is 2.72. The molecule has 1 rings (SSSR count). The van der Waals surface area contributed by atoms with Gasteiger partial charge in [0.2, 0.25) is 6.54 Å². The zero-order valence-electron chi connectivity index (χ0n) is 6.25. The summed E-state index contributed by atoms with van der Waals surface area (Å²) in [6.07, 6.45) is 0. The Morgan fingerprint density at radius 3 is 2.64 bits per heavy atom. The molecule has 0 unspecified atom stereocenters. The van der Waals surface area contributed by atoms with Crippen molar-refractivity contribution in [2.75, 3.05) is 18.4 Å². The van der Waals surface area contributed by atoms with Crippen LogP contribution in [0.25, 0.3) is 4.85 Å². The van der Waals surface area contributed by atoms with Gasteiger partial charge in [-0.3, -0.25) is 0 Å². The van der Waals surface area contributed by atoms with E-state index in [0.29, 0.717) is 6.54 Å². The maximum atomic E-state index is 6.55. The Bertz CT molecular complexity index is 235. The SMILES string of the molecule is [C-]#[N+]CCNc1ccccc1. The van der Waals surface area contributed by atoms with Crippen molar-refractivity contribution in [1.29, 1.82) is 0 Å². The molecule has 0 amide bonds. The Kier molecular flexibility index (Phi) is 3.01. The van der Waals surface area contributed by atoms with Gasteiger partial charge in [0.1, 0.15) is 0 Å². The van der Waals surface area contributed by atoms with Crippen molar-refractivity contribution in [3.8, 4) is 0 Å². The van der Waals surface area contributed by atoms with Gasteiger partial charge in [-0.1, -0.05) is 18.2 Å². The largest absolute Gasteiger partial charge is 0.378 e. The topological polar surface area (TPSA) is 16.4 Å². The lowest BCUT2D eigenvalue weighted by Gasteiger charge is -1.99. The zero-order valence-corrected chi connectivity index (χ0v) is 6.25. The number of para-hydroxylation sites is 1. The molecular weight excluding hydrogens is 136 g/mol. The summed E-state index contributed by atoms with van der Waals surface area (Å²) in [5, 5.41) is 3.13. The summed E-state index contributed by atoms with van der Waals surface area (Å²) in [6.45, 7) is 7.82. The highest BCUT2D eigenvalue weighted by Gasteiger charge is 1.88. The molecule has 11 heavy (non-hydrogen) atoms. The summed E-state index contributed by atoms with van der Waals surface area (Å²) < 4.78 is 0. The van der Waals surface area contributed by atoms with Crippen molar-refractivity contribution in [1.82, 2.24) is 0 Å². The molecule has 0 atom stereocenters. The maximum Gasteiger partial charge on any atom is 0.231 e. The van der Waals surface area contributed by atoms with E-state index >= 15 is 0 Å². The first-order valence-corrected chi connectivity index (χ1v) is 3.55. The Balaban J connectivity index is 2.35. The smallest absolute Gasteiger partial charge is 0.231 e. The summed E-state index contributed by atoms with van der Waals surface area (Å²) in [5.41, 5.74) is 1.08. The van der Waals surface area contributed by atoms with E-state index in [2.05, 4.69) is 10.2 Å². The molecule has 0 aliphatic rings. The number of hydrogen-bond donors (Lipinski definition) is 1. The van der Waals surface area contributed by atoms with Gasteiger partial charge in [-0.2, -0.15) is 0 Å². The van der Waals surface area contributed by atoms with Crippen LogP contribution in [0.1, 0.15) is 0 Å². The van der Waals surface area contributed by atoms with Crippen LogP contribution in [0.15, 0.2) is 30.3 Å². The van der Waals surface area contributed by atoms with Crippen LogP contribution in [0.3, 0.4) is 0 Å². The second-order valence-corrected chi connectivity index (χ2v) is 2.17. The van der Waals surface area contributed by atoms with Gasteiger partial charge in [0.25, 0.3) is 0 Å². The fourth-order valence-electron chi connectivity index (χ4n) is 0.812. The maximum absolute atomic E-state index is 6.55. The number of nitrogens with zero attached hydrogens (tertiary/aromatic N) is 1. The van der Waals surface area contributed by atoms with Crippen molar-refractivity contribution >= 4 is 5.69 Å². The minimum absolute atomic E-state index is 0.537. The molecule has 0 aliphatic carbocycles. The Morgan fingerprint density at radius 1 is 1.27 bits per heavy atom. The minimum Gasteiger partial charge on any atom is -0.378 e. The fraction of sp³-hybridized carbons (Fsp3) is 0.222. The van der Waals surface area contributed by atoms with Crippen LogP contribution < -0.4 is 5.32 Å². The molecule has 2 heteroatoms. The van der Waals surface area contributed by atoms with Gasteiger partial charge in [-0.05, 0) is 12.1 Å². The number of nitrogens with one attached hydrogen (secondary N) is 1. The highest BCUT2D eigenvalue weighted by Crippen LogP contribution is 2.03. The summed E-state index contributed by atoms with van der Waals surface area (Å²) in [7, 11) is 0. The van der Waals surface area contributed by atoms with Crippen LogP contribution in [-0.4, -0.2) is 13.1 Å². The average molecular weight is 146 g/mol. The Morgan fingerprint density at radius 2 is 2.00 bits per heavy atom. The molecule has 0 spiro atoms. The summed E-state index contributed by atoms with van der Waals surface area (Å²) in [6, 6.07) is 9.90. The van der Waals surface area contributed by atoms with E-state index in [1.54, 1.807) is 0 Å². The molecule has 1 aromatic rings. The number of rotatable bonds is 3. The highest BCUT2D eigenvalue weighted by molar-refractivity contribution is 5.42. The normalized spacial score (nSPS) is 8.64. The second-order valence-electron chi connectivity index (χ2n) is 2.17. The highest BCUT2D eigenvalue weighted by atomic mass is 14.9. The predicted octanol–water partition coefficient (Wildman–Crippen LogP) is 2.02. The lowest BCUT2D eigenvalue weighted by atomic mass is 10.3. The average Bonchev–Trinajstić information content (AvgIpc) is 2.07. The molecule has 2 nitrogen and oxygen atoms in total. The fourth-order valence-corrected chi connectivity index (χ4v) is 0.812. The van der Waals surface area contributed by atoms with Gasteiger partial charge in [0.05, 0.1) is 6.54 Å². The van der Waals surface area contributed by atoms with Crippen molar-refractivity contribution in [2.24, 2.45) is 0 Å². The summed E-state index contributed by atoms with van der Waals surface area (Å²) >= 11 is 0. The van der Waals surface area contributed by atoms with Crippen LogP contribution >= 0.6 is 0 Å². The molecule has 0 saturated carbocycles. The summed E-state index contributed by atoms with van der Waals surface area (Å²) in [4.78, 5) is 3.24. The minimum atomic E-state index is 0.537. The van der Waals surface area contributed by atoms with Gasteiger partial charge < -0.3 is 10.2 Å². The zero-order chi connectivity index (χ0) is 7.94. The Labute approximate surface area is 66.7 Å². The van der Waals surface area contributed by atoms with E-state index in [1.807, 2.05) is 30.3 Å². The van der Waals surface area contributed by atoms with Crippen LogP contribution in [0, 0.1) is 6.57 Å². The van der Waals surface area contributed by atoms with Crippen LogP contribution in [0.4, 0.5) is 5.69 Å². The number of benzene rings is 1. The first-order valence-electron chi connectivity index (χ1n) is 3.55. The van der Waals surface area contributed by atoms with Gasteiger partial charge in [-0.15, -0.1) is 0 Å². The van der Waals surface area contributed by atoms with Crippen molar-refractivity contribution in [3.63, 3.8) is 0 Å². The van der Waals surface area contributed by atoms with Gasteiger partial charge in [0.15, 0.2) is 0 Å². The first-order chi connectivity index (χ1) is 5.43. The monoisotopic (exact) mass is 146 g/mol. The summed E-state index contributed by atoms with van der Waals surface area (Å²) in [5.74, 6) is 0. The van der Waals surface area contributed by atoms with Crippen LogP contribution in [0.5, 0.6) is 0 Å². The first kappa shape index (κ1) is 7.62. The third-order valence-electron chi connectivity index (χ3n) is 1.33. The number of hydrogen-bond acceptors (Lipinski definition) is 1. The quantitative estimate of drug-likeness (QED) is 0.509.